The minimum Gasteiger partial charge on any atom is -0.395 e. The van der Waals surface area contributed by atoms with E-state index in [9.17, 15) is 9.59 Å². The highest BCUT2D eigenvalue weighted by atomic mass is 16.2. The lowest BCUT2D eigenvalue weighted by atomic mass is 9.99. The summed E-state index contributed by atoms with van der Waals surface area (Å²) in [6, 6.07) is 15.8. The van der Waals surface area contributed by atoms with E-state index in [1.807, 2.05) is 18.2 Å². The maximum atomic E-state index is 12.7. The number of amides is 3. The van der Waals surface area contributed by atoms with E-state index >= 15 is 0 Å². The summed E-state index contributed by atoms with van der Waals surface area (Å²) < 4.78 is 0. The van der Waals surface area contributed by atoms with Crippen molar-refractivity contribution >= 4 is 11.9 Å². The summed E-state index contributed by atoms with van der Waals surface area (Å²) in [4.78, 5) is 24.3. The highest BCUT2D eigenvalue weighted by Gasteiger charge is 2.29. The first-order valence-electron chi connectivity index (χ1n) is 8.79. The van der Waals surface area contributed by atoms with E-state index in [1.165, 1.54) is 5.56 Å². The molecule has 1 aliphatic carbocycles. The van der Waals surface area contributed by atoms with E-state index in [1.54, 1.807) is 0 Å². The molecule has 4 rings (SSSR count). The van der Waals surface area contributed by atoms with Crippen LogP contribution in [0.2, 0.25) is 0 Å². The molecule has 0 bridgehead atoms. The van der Waals surface area contributed by atoms with Gasteiger partial charge in [-0.25, -0.2) is 4.79 Å². The number of fused-ring (bicyclic) bond motifs is 1. The molecule has 0 radical (unpaired) electrons. The van der Waals surface area contributed by atoms with Crippen molar-refractivity contribution in [2.75, 3.05) is 0 Å². The van der Waals surface area contributed by atoms with Gasteiger partial charge in [-0.3, -0.25) is 4.79 Å². The average molecular weight is 360 g/mol. The van der Waals surface area contributed by atoms with Gasteiger partial charge in [-0.05, 0) is 41.2 Å². The molecule has 2 aliphatic rings. The van der Waals surface area contributed by atoms with Gasteiger partial charge in [-0.1, -0.05) is 49.0 Å². The second-order valence-electron chi connectivity index (χ2n) is 6.69. The number of benzene rings is 2. The third kappa shape index (κ3) is 3.17. The van der Waals surface area contributed by atoms with Gasteiger partial charge in [0.2, 0.25) is 0 Å². The van der Waals surface area contributed by atoms with Crippen LogP contribution < -0.4 is 21.7 Å². The fourth-order valence-electron chi connectivity index (χ4n) is 3.54. The van der Waals surface area contributed by atoms with Gasteiger partial charge in [0.15, 0.2) is 0 Å². The van der Waals surface area contributed by atoms with Crippen LogP contribution in [0.4, 0.5) is 4.79 Å². The third-order valence-electron chi connectivity index (χ3n) is 4.96. The Morgan fingerprint density at radius 1 is 1.11 bits per heavy atom. The summed E-state index contributed by atoms with van der Waals surface area (Å²) in [6.07, 6.45) is 1.70. The summed E-state index contributed by atoms with van der Waals surface area (Å²) >= 11 is 0. The van der Waals surface area contributed by atoms with Crippen LogP contribution in [0.15, 0.2) is 72.2 Å². The predicted octanol–water partition coefficient (Wildman–Crippen LogP) is 2.45. The number of carbonyl (C=O) groups is 2. The Hall–Kier alpha value is -3.54. The first kappa shape index (κ1) is 16.9. The third-order valence-corrected chi connectivity index (χ3v) is 4.96. The summed E-state index contributed by atoms with van der Waals surface area (Å²) in [6.45, 7) is 3.66. The van der Waals surface area contributed by atoms with Crippen molar-refractivity contribution in [3.05, 3.63) is 83.3 Å². The lowest BCUT2D eigenvalue weighted by Crippen LogP contribution is -2.47. The highest BCUT2D eigenvalue weighted by molar-refractivity contribution is 6.00. The van der Waals surface area contributed by atoms with Crippen LogP contribution in [0, 0.1) is 0 Å². The standard InChI is InChI=1S/C21H20N4O2/c1-12-18(22)19(25-21(27)23-12)20(26)24-17-10-9-14-7-8-15(11-16(14)17)13-5-3-2-4-6-13/h2-8,11,17H,1,9-10,22H2,(H,24,26)(H2,23,25,27)/t17-/m0/s1. The molecule has 136 valence electrons. The number of urea groups is 1. The Bertz CT molecular complexity index is 979. The number of nitrogens with one attached hydrogen (secondary N) is 3. The molecular weight excluding hydrogens is 340 g/mol. The maximum absolute atomic E-state index is 12.7. The molecule has 1 atom stereocenters. The van der Waals surface area contributed by atoms with Crippen LogP contribution in [0.25, 0.3) is 11.1 Å². The molecule has 0 unspecified atom stereocenters. The van der Waals surface area contributed by atoms with Crippen molar-refractivity contribution in [2.24, 2.45) is 5.73 Å². The molecule has 3 amide bonds. The molecule has 0 aromatic heterocycles. The number of aryl methyl sites for hydroxylation is 1. The van der Waals surface area contributed by atoms with Crippen LogP contribution in [-0.2, 0) is 11.2 Å². The number of nitrogens with two attached hydrogens (primary N) is 1. The molecule has 5 N–H and O–H groups in total. The van der Waals surface area contributed by atoms with E-state index in [0.717, 1.165) is 29.5 Å². The molecular formula is C21H20N4O2. The van der Waals surface area contributed by atoms with Crippen molar-refractivity contribution in [3.63, 3.8) is 0 Å². The number of carbonyl (C=O) groups excluding carboxylic acids is 2. The molecule has 6 nitrogen and oxygen atoms in total. The normalized spacial score (nSPS) is 18.6. The van der Waals surface area contributed by atoms with E-state index in [2.05, 4.69) is 52.9 Å². The first-order valence-corrected chi connectivity index (χ1v) is 8.79. The second kappa shape index (κ2) is 6.64. The Morgan fingerprint density at radius 2 is 1.89 bits per heavy atom. The topological polar surface area (TPSA) is 96.2 Å². The van der Waals surface area contributed by atoms with Gasteiger partial charge in [0.1, 0.15) is 5.70 Å². The predicted molar refractivity (Wildman–Crippen MR) is 103 cm³/mol. The zero-order chi connectivity index (χ0) is 19.0. The molecule has 0 saturated heterocycles. The van der Waals surface area contributed by atoms with Crippen molar-refractivity contribution in [1.29, 1.82) is 0 Å². The molecule has 0 fully saturated rings. The summed E-state index contributed by atoms with van der Waals surface area (Å²) in [5.74, 6) is -0.411. The van der Waals surface area contributed by atoms with Gasteiger partial charge in [0.25, 0.3) is 5.91 Å². The Morgan fingerprint density at radius 3 is 2.67 bits per heavy atom. The SMILES string of the molecule is C=C1NC(=O)NC(C(=O)N[C@H]2CCc3ccc(-c4ccccc4)cc32)=C1N. The molecule has 6 heteroatoms. The zero-order valence-electron chi connectivity index (χ0n) is 14.7. The van der Waals surface area contributed by atoms with E-state index in [4.69, 9.17) is 5.73 Å². The Kier molecular flexibility index (Phi) is 4.16. The lowest BCUT2D eigenvalue weighted by Gasteiger charge is -2.22. The van der Waals surface area contributed by atoms with Crippen LogP contribution in [0.1, 0.15) is 23.6 Å². The summed E-state index contributed by atoms with van der Waals surface area (Å²) in [5.41, 5.74) is 10.9. The van der Waals surface area contributed by atoms with Crippen LogP contribution >= 0.6 is 0 Å². The molecule has 2 aromatic carbocycles. The summed E-state index contributed by atoms with van der Waals surface area (Å²) in [5, 5.41) is 7.90. The molecule has 2 aromatic rings. The quantitative estimate of drug-likeness (QED) is 0.677. The minimum absolute atomic E-state index is 0.0383. The average Bonchev–Trinajstić information content (AvgIpc) is 3.07. The molecule has 0 spiro atoms. The van der Waals surface area contributed by atoms with Gasteiger partial charge in [0, 0.05) is 0 Å². The van der Waals surface area contributed by atoms with E-state index in [-0.39, 0.29) is 23.1 Å². The Labute approximate surface area is 157 Å². The van der Waals surface area contributed by atoms with Gasteiger partial charge >= 0.3 is 6.03 Å². The van der Waals surface area contributed by atoms with Gasteiger partial charge in [-0.15, -0.1) is 0 Å². The second-order valence-corrected chi connectivity index (χ2v) is 6.69. The largest absolute Gasteiger partial charge is 0.395 e. The van der Waals surface area contributed by atoms with Crippen LogP contribution in [0.3, 0.4) is 0 Å². The maximum Gasteiger partial charge on any atom is 0.323 e. The van der Waals surface area contributed by atoms with E-state index < -0.39 is 11.9 Å². The van der Waals surface area contributed by atoms with Crippen molar-refractivity contribution in [1.82, 2.24) is 16.0 Å². The molecule has 0 saturated carbocycles. The lowest BCUT2D eigenvalue weighted by molar-refractivity contribution is -0.118. The monoisotopic (exact) mass is 360 g/mol. The fourth-order valence-corrected chi connectivity index (χ4v) is 3.54. The number of hydrogen-bond donors (Lipinski definition) is 4. The van der Waals surface area contributed by atoms with Gasteiger partial charge in [-0.2, -0.15) is 0 Å². The minimum atomic E-state index is -0.516. The smallest absolute Gasteiger partial charge is 0.323 e. The number of hydrogen-bond acceptors (Lipinski definition) is 3. The van der Waals surface area contributed by atoms with Crippen molar-refractivity contribution in [2.45, 2.75) is 18.9 Å². The van der Waals surface area contributed by atoms with E-state index in [0.29, 0.717) is 0 Å². The van der Waals surface area contributed by atoms with Gasteiger partial charge < -0.3 is 21.7 Å². The molecule has 1 aliphatic heterocycles. The number of rotatable bonds is 3. The first-order chi connectivity index (χ1) is 13.0. The van der Waals surface area contributed by atoms with Crippen molar-refractivity contribution in [3.8, 4) is 11.1 Å². The highest BCUT2D eigenvalue weighted by Crippen LogP contribution is 2.34. The fraction of sp³-hybridized carbons (Fsp3) is 0.143. The van der Waals surface area contributed by atoms with Crippen LogP contribution in [-0.4, -0.2) is 11.9 Å². The van der Waals surface area contributed by atoms with Crippen molar-refractivity contribution < 1.29 is 9.59 Å². The van der Waals surface area contributed by atoms with Gasteiger partial charge in [0.05, 0.1) is 17.4 Å². The Balaban J connectivity index is 1.59. The zero-order valence-corrected chi connectivity index (χ0v) is 14.7. The molecule has 1 heterocycles. The summed E-state index contributed by atoms with van der Waals surface area (Å²) in [7, 11) is 0. The van der Waals surface area contributed by atoms with Crippen LogP contribution in [0.5, 0.6) is 0 Å². The molecule has 27 heavy (non-hydrogen) atoms.